The Hall–Kier alpha value is -1.83. The third-order valence-electron chi connectivity index (χ3n) is 4.54. The number of fused-ring (bicyclic) bond motifs is 1. The number of nitrogens with zero attached hydrogens (tertiary/aromatic N) is 2. The van der Waals surface area contributed by atoms with E-state index < -0.39 is 0 Å². The minimum absolute atomic E-state index is 0.432. The van der Waals surface area contributed by atoms with E-state index in [1.165, 1.54) is 22.4 Å². The average Bonchev–Trinajstić information content (AvgIpc) is 3.17. The maximum absolute atomic E-state index is 8.38. The summed E-state index contributed by atoms with van der Waals surface area (Å²) < 4.78 is 1.20. The predicted molar refractivity (Wildman–Crippen MR) is 107 cm³/mol. The first kappa shape index (κ1) is 16.6. The highest BCUT2D eigenvalue weighted by atomic mass is 32.1. The third-order valence-corrected chi connectivity index (χ3v) is 6.90. The zero-order valence-electron chi connectivity index (χ0n) is 14.3. The zero-order chi connectivity index (χ0) is 17.4. The fraction of sp³-hybridized carbons (Fsp3) is 0.389. The molecule has 0 atom stereocenters. The minimum Gasteiger partial charge on any atom is -0.358 e. The monoisotopic (exact) mass is 371 g/mol. The molecule has 130 valence electrons. The number of piperidine rings is 1. The molecule has 0 aliphatic carbocycles. The second-order valence-electron chi connectivity index (χ2n) is 6.46. The molecule has 0 amide bonds. The van der Waals surface area contributed by atoms with Crippen molar-refractivity contribution in [3.63, 3.8) is 0 Å². The van der Waals surface area contributed by atoms with Crippen molar-refractivity contribution in [3.05, 3.63) is 39.6 Å². The Morgan fingerprint density at radius 1 is 1.28 bits per heavy atom. The highest BCUT2D eigenvalue weighted by Crippen LogP contribution is 2.37. The van der Waals surface area contributed by atoms with Crippen molar-refractivity contribution >= 4 is 43.6 Å². The number of rotatable bonds is 3. The lowest BCUT2D eigenvalue weighted by Gasteiger charge is -2.21. The van der Waals surface area contributed by atoms with Gasteiger partial charge in [0.2, 0.25) is 0 Å². The molecule has 0 saturated carbocycles. The van der Waals surface area contributed by atoms with Crippen molar-refractivity contribution < 1.29 is 0 Å². The predicted octanol–water partition coefficient (Wildman–Crippen LogP) is 4.00. The summed E-state index contributed by atoms with van der Waals surface area (Å²) in [5.41, 5.74) is 3.14. The summed E-state index contributed by atoms with van der Waals surface area (Å²) in [5.74, 6) is 0.665. The van der Waals surface area contributed by atoms with Crippen LogP contribution in [0.25, 0.3) is 9.53 Å². The van der Waals surface area contributed by atoms with Crippen LogP contribution in [-0.4, -0.2) is 29.5 Å². The molecule has 2 aromatic rings. The van der Waals surface area contributed by atoms with E-state index in [9.17, 15) is 0 Å². The largest absolute Gasteiger partial charge is 0.358 e. The molecule has 25 heavy (non-hydrogen) atoms. The maximum Gasteiger partial charge on any atom is 0.143 e. The zero-order valence-corrected chi connectivity index (χ0v) is 16.0. The molecule has 1 fully saturated rings. The standard InChI is InChI=1S/C18H21N5S2/c1-10-9-21-14(11(2)22-10)7-13(19)17-23-18-16(25-17)8-15(24-18)12-3-5-20-6-4-12/h7-9,12,19-21H,3-6H2,1-2H3/b14-7-,19-13?. The van der Waals surface area contributed by atoms with Crippen molar-refractivity contribution in [1.82, 2.24) is 15.6 Å². The molecule has 0 spiro atoms. The summed E-state index contributed by atoms with van der Waals surface area (Å²) in [7, 11) is 0. The molecular formula is C18H21N5S2. The summed E-state index contributed by atoms with van der Waals surface area (Å²) in [6.45, 7) is 6.12. The molecule has 3 N–H and O–H groups in total. The molecule has 4 rings (SSSR count). The molecule has 2 aromatic heterocycles. The van der Waals surface area contributed by atoms with Crippen molar-refractivity contribution in [2.75, 3.05) is 13.1 Å². The van der Waals surface area contributed by atoms with Crippen LogP contribution in [0.15, 0.2) is 34.7 Å². The Kier molecular flexibility index (Phi) is 4.54. The molecule has 0 aromatic carbocycles. The molecule has 0 bridgehead atoms. The van der Waals surface area contributed by atoms with Crippen molar-refractivity contribution in [2.45, 2.75) is 32.6 Å². The summed E-state index contributed by atoms with van der Waals surface area (Å²) >= 11 is 3.41. The maximum atomic E-state index is 8.38. The van der Waals surface area contributed by atoms with Gasteiger partial charge in [-0.2, -0.15) is 0 Å². The van der Waals surface area contributed by atoms with E-state index in [1.807, 2.05) is 26.1 Å². The van der Waals surface area contributed by atoms with Crippen LogP contribution in [0.2, 0.25) is 0 Å². The number of allylic oxidation sites excluding steroid dienone is 3. The molecule has 2 aliphatic heterocycles. The van der Waals surface area contributed by atoms with E-state index in [0.717, 1.165) is 40.0 Å². The molecule has 0 radical (unpaired) electrons. The van der Waals surface area contributed by atoms with Gasteiger partial charge >= 0.3 is 0 Å². The van der Waals surface area contributed by atoms with E-state index in [-0.39, 0.29) is 0 Å². The number of thiazole rings is 1. The van der Waals surface area contributed by atoms with Gasteiger partial charge in [-0.1, -0.05) is 0 Å². The Bertz CT molecular complexity index is 878. The Morgan fingerprint density at radius 2 is 2.08 bits per heavy atom. The smallest absolute Gasteiger partial charge is 0.143 e. The van der Waals surface area contributed by atoms with Gasteiger partial charge in [0.1, 0.15) is 9.84 Å². The molecule has 1 saturated heterocycles. The van der Waals surface area contributed by atoms with Gasteiger partial charge in [-0.05, 0) is 57.8 Å². The van der Waals surface area contributed by atoms with Gasteiger partial charge in [0, 0.05) is 11.1 Å². The van der Waals surface area contributed by atoms with Gasteiger partial charge in [0.25, 0.3) is 0 Å². The topological polar surface area (TPSA) is 73.2 Å². The molecule has 2 aliphatic rings. The van der Waals surface area contributed by atoms with Gasteiger partial charge in [-0.3, -0.25) is 10.4 Å². The van der Waals surface area contributed by atoms with E-state index in [2.05, 4.69) is 21.7 Å². The van der Waals surface area contributed by atoms with Crippen LogP contribution < -0.4 is 10.6 Å². The highest BCUT2D eigenvalue weighted by Gasteiger charge is 2.20. The second-order valence-corrected chi connectivity index (χ2v) is 8.55. The highest BCUT2D eigenvalue weighted by molar-refractivity contribution is 7.28. The summed E-state index contributed by atoms with van der Waals surface area (Å²) in [4.78, 5) is 11.7. The van der Waals surface area contributed by atoms with Gasteiger partial charge in [0.15, 0.2) is 0 Å². The minimum atomic E-state index is 0.432. The Balaban J connectivity index is 1.55. The van der Waals surface area contributed by atoms with E-state index in [1.54, 1.807) is 22.7 Å². The number of aromatic nitrogens is 1. The molecule has 0 unspecified atom stereocenters. The van der Waals surface area contributed by atoms with E-state index in [0.29, 0.717) is 11.6 Å². The van der Waals surface area contributed by atoms with E-state index >= 15 is 0 Å². The van der Waals surface area contributed by atoms with Crippen LogP contribution >= 0.6 is 22.7 Å². The Morgan fingerprint density at radius 3 is 2.80 bits per heavy atom. The Labute approximate surface area is 155 Å². The summed E-state index contributed by atoms with van der Waals surface area (Å²) in [5, 5.41) is 15.8. The number of thiophene rings is 1. The van der Waals surface area contributed by atoms with Crippen LogP contribution in [0.1, 0.15) is 42.5 Å². The number of nitrogens with one attached hydrogen (secondary N) is 3. The fourth-order valence-corrected chi connectivity index (χ4v) is 5.49. The van der Waals surface area contributed by atoms with Gasteiger partial charge in [-0.15, -0.1) is 22.7 Å². The lowest BCUT2D eigenvalue weighted by molar-refractivity contribution is 0.465. The first-order valence-corrected chi connectivity index (χ1v) is 10.1. The van der Waals surface area contributed by atoms with Crippen molar-refractivity contribution in [1.29, 1.82) is 5.41 Å². The normalized spacial score (nSPS) is 20.5. The van der Waals surface area contributed by atoms with Crippen molar-refractivity contribution in [3.8, 4) is 0 Å². The third kappa shape index (κ3) is 3.44. The number of hydrogen-bond acceptors (Lipinski definition) is 7. The van der Waals surface area contributed by atoms with Crippen LogP contribution in [0.4, 0.5) is 0 Å². The fourth-order valence-electron chi connectivity index (χ4n) is 3.17. The summed E-state index contributed by atoms with van der Waals surface area (Å²) in [6, 6.07) is 2.29. The van der Waals surface area contributed by atoms with Crippen LogP contribution in [0.5, 0.6) is 0 Å². The van der Waals surface area contributed by atoms with Crippen molar-refractivity contribution in [2.24, 2.45) is 4.99 Å². The van der Waals surface area contributed by atoms with E-state index in [4.69, 9.17) is 10.4 Å². The van der Waals surface area contributed by atoms with Gasteiger partial charge in [-0.25, -0.2) is 4.98 Å². The van der Waals surface area contributed by atoms with Crippen LogP contribution in [0.3, 0.4) is 0 Å². The molecule has 7 heteroatoms. The molecular weight excluding hydrogens is 350 g/mol. The SMILES string of the molecule is CC1=CN/C(=C\C(=N)c2nc3sc(C4CCNCC4)cc3s2)C(C)=N1. The molecule has 4 heterocycles. The molecule has 5 nitrogen and oxygen atoms in total. The number of aliphatic imine (C=N–C) groups is 1. The lowest BCUT2D eigenvalue weighted by Crippen LogP contribution is -2.26. The first-order chi connectivity index (χ1) is 12.1. The second kappa shape index (κ2) is 6.82. The summed E-state index contributed by atoms with van der Waals surface area (Å²) in [6.07, 6.45) is 6.09. The lowest BCUT2D eigenvalue weighted by atomic mass is 9.97. The quantitative estimate of drug-likeness (QED) is 0.714. The van der Waals surface area contributed by atoms with Crippen LogP contribution in [-0.2, 0) is 0 Å². The van der Waals surface area contributed by atoms with Gasteiger partial charge in [0.05, 0.1) is 27.5 Å². The number of hydrogen-bond donors (Lipinski definition) is 3. The van der Waals surface area contributed by atoms with Gasteiger partial charge < -0.3 is 10.6 Å². The average molecular weight is 372 g/mol. The first-order valence-electron chi connectivity index (χ1n) is 8.51. The van der Waals surface area contributed by atoms with Crippen LogP contribution in [0, 0.1) is 5.41 Å².